The van der Waals surface area contributed by atoms with Crippen LogP contribution >= 0.6 is 0 Å². The van der Waals surface area contributed by atoms with Crippen LogP contribution in [0.25, 0.3) is 0 Å². The zero-order valence-electron chi connectivity index (χ0n) is 13.5. The highest BCUT2D eigenvalue weighted by Gasteiger charge is 2.42. The summed E-state index contributed by atoms with van der Waals surface area (Å²) in [6.45, 7) is 12.4. The van der Waals surface area contributed by atoms with Gasteiger partial charge in [-0.25, -0.2) is 8.42 Å². The van der Waals surface area contributed by atoms with Gasteiger partial charge in [-0.1, -0.05) is 6.92 Å². The molecule has 0 saturated carbocycles. The summed E-state index contributed by atoms with van der Waals surface area (Å²) < 4.78 is 32.4. The van der Waals surface area contributed by atoms with Crippen LogP contribution in [0.3, 0.4) is 0 Å². The van der Waals surface area contributed by atoms with Crippen LogP contribution in [0.15, 0.2) is 0 Å². The molecule has 5 nitrogen and oxygen atoms in total. The molecule has 0 atom stereocenters. The highest BCUT2D eigenvalue weighted by Crippen LogP contribution is 2.29. The van der Waals surface area contributed by atoms with Crippen molar-refractivity contribution >= 4 is 10.0 Å². The molecule has 0 amide bonds. The van der Waals surface area contributed by atoms with Crippen molar-refractivity contribution in [3.05, 3.63) is 0 Å². The number of nitrogens with zero attached hydrogens (tertiary/aromatic N) is 1. The quantitative estimate of drug-likeness (QED) is 0.726. The van der Waals surface area contributed by atoms with Gasteiger partial charge in [-0.3, -0.25) is 0 Å². The third kappa shape index (κ3) is 5.68. The first-order chi connectivity index (χ1) is 9.08. The molecule has 1 aliphatic heterocycles. The van der Waals surface area contributed by atoms with Gasteiger partial charge in [-0.2, -0.15) is 4.31 Å². The molecule has 1 N–H and O–H groups in total. The van der Waals surface area contributed by atoms with E-state index in [0.717, 1.165) is 19.5 Å². The lowest BCUT2D eigenvalue weighted by atomic mass is 10.0. The molecule has 0 spiro atoms. The van der Waals surface area contributed by atoms with Gasteiger partial charge in [0, 0.05) is 13.1 Å². The van der Waals surface area contributed by atoms with Gasteiger partial charge in [-0.15, -0.1) is 0 Å². The molecule has 1 aliphatic rings. The lowest BCUT2D eigenvalue weighted by molar-refractivity contribution is -0.163. The van der Waals surface area contributed by atoms with Crippen molar-refractivity contribution in [2.75, 3.05) is 31.9 Å². The van der Waals surface area contributed by atoms with Crippen LogP contribution in [-0.4, -0.2) is 55.9 Å². The van der Waals surface area contributed by atoms with Crippen LogP contribution in [0.1, 0.15) is 47.5 Å². The minimum absolute atomic E-state index is 0.204. The van der Waals surface area contributed by atoms with Crippen LogP contribution in [0.4, 0.5) is 0 Å². The van der Waals surface area contributed by atoms with E-state index in [-0.39, 0.29) is 5.75 Å². The average Bonchev–Trinajstić information content (AvgIpc) is 2.24. The molecule has 120 valence electrons. The van der Waals surface area contributed by atoms with E-state index >= 15 is 0 Å². The Kier molecular flexibility index (Phi) is 6.01. The normalized spacial score (nSPS) is 22.9. The van der Waals surface area contributed by atoms with Gasteiger partial charge in [0.05, 0.1) is 17.0 Å². The van der Waals surface area contributed by atoms with Crippen molar-refractivity contribution in [2.24, 2.45) is 0 Å². The molecule has 0 radical (unpaired) electrons. The van der Waals surface area contributed by atoms with Gasteiger partial charge >= 0.3 is 0 Å². The first kappa shape index (κ1) is 17.9. The van der Waals surface area contributed by atoms with Gasteiger partial charge < -0.3 is 10.1 Å². The number of ether oxygens (including phenoxy) is 1. The fraction of sp³-hybridized carbons (Fsp3) is 1.00. The van der Waals surface area contributed by atoms with Gasteiger partial charge in [0.1, 0.15) is 0 Å². The summed E-state index contributed by atoms with van der Waals surface area (Å²) in [5.74, 6) is 0.204. The van der Waals surface area contributed by atoms with Gasteiger partial charge in [0.2, 0.25) is 10.0 Å². The Hall–Kier alpha value is -0.170. The first-order valence-corrected chi connectivity index (χ1v) is 9.08. The maximum Gasteiger partial charge on any atom is 0.214 e. The Morgan fingerprint density at radius 3 is 2.15 bits per heavy atom. The number of hydrogen-bond acceptors (Lipinski definition) is 4. The number of hydrogen-bond donors (Lipinski definition) is 1. The second-order valence-corrected chi connectivity index (χ2v) is 8.90. The monoisotopic (exact) mass is 306 g/mol. The first-order valence-electron chi connectivity index (χ1n) is 7.47. The zero-order valence-corrected chi connectivity index (χ0v) is 14.3. The SMILES string of the molecule is CCCNCCCS(=O)(=O)N1CC(C)(C)OC(C)(C)C1. The summed E-state index contributed by atoms with van der Waals surface area (Å²) in [6.07, 6.45) is 1.72. The molecule has 0 aromatic heterocycles. The minimum Gasteiger partial charge on any atom is -0.367 e. The summed E-state index contributed by atoms with van der Waals surface area (Å²) in [4.78, 5) is 0. The summed E-state index contributed by atoms with van der Waals surface area (Å²) in [5.41, 5.74) is -0.870. The molecule has 1 heterocycles. The predicted octanol–water partition coefficient (Wildman–Crippen LogP) is 1.60. The van der Waals surface area contributed by atoms with Crippen LogP contribution < -0.4 is 5.32 Å². The number of morpholine rings is 1. The molecule has 0 unspecified atom stereocenters. The third-order valence-corrected chi connectivity index (χ3v) is 5.09. The smallest absolute Gasteiger partial charge is 0.214 e. The molecule has 1 rings (SSSR count). The molecule has 0 aromatic rings. The molecule has 6 heteroatoms. The van der Waals surface area contributed by atoms with Gasteiger partial charge in [0.25, 0.3) is 0 Å². The van der Waals surface area contributed by atoms with E-state index in [9.17, 15) is 8.42 Å². The van der Waals surface area contributed by atoms with E-state index < -0.39 is 21.2 Å². The summed E-state index contributed by atoms with van der Waals surface area (Å²) >= 11 is 0. The van der Waals surface area contributed by atoms with E-state index in [1.165, 1.54) is 0 Å². The molecule has 0 aliphatic carbocycles. The second-order valence-electron chi connectivity index (χ2n) is 6.81. The second kappa shape index (κ2) is 6.73. The van der Waals surface area contributed by atoms with Gasteiger partial charge in [-0.05, 0) is 53.6 Å². The van der Waals surface area contributed by atoms with Crippen LogP contribution in [-0.2, 0) is 14.8 Å². The van der Waals surface area contributed by atoms with Crippen LogP contribution in [0.2, 0.25) is 0 Å². The highest BCUT2D eigenvalue weighted by atomic mass is 32.2. The summed E-state index contributed by atoms with van der Waals surface area (Å²) in [5, 5.41) is 3.24. The zero-order chi connectivity index (χ0) is 15.4. The largest absolute Gasteiger partial charge is 0.367 e. The fourth-order valence-corrected chi connectivity index (χ4v) is 4.51. The third-order valence-electron chi connectivity index (χ3n) is 3.24. The van der Waals surface area contributed by atoms with Crippen molar-refractivity contribution in [2.45, 2.75) is 58.7 Å². The van der Waals surface area contributed by atoms with E-state index in [4.69, 9.17) is 4.74 Å². The Labute approximate surface area is 124 Å². The maximum atomic E-state index is 12.4. The van der Waals surface area contributed by atoms with Crippen LogP contribution in [0.5, 0.6) is 0 Å². The summed E-state index contributed by atoms with van der Waals surface area (Å²) in [6, 6.07) is 0. The topological polar surface area (TPSA) is 58.6 Å². The lowest BCUT2D eigenvalue weighted by Crippen LogP contribution is -2.58. The molecule has 1 saturated heterocycles. The highest BCUT2D eigenvalue weighted by molar-refractivity contribution is 7.89. The molecule has 1 fully saturated rings. The Balaban J connectivity index is 2.58. The van der Waals surface area contributed by atoms with Crippen molar-refractivity contribution < 1.29 is 13.2 Å². The maximum absolute atomic E-state index is 12.4. The van der Waals surface area contributed by atoms with E-state index in [0.29, 0.717) is 19.5 Å². The van der Waals surface area contributed by atoms with E-state index in [2.05, 4.69) is 12.2 Å². The minimum atomic E-state index is -3.20. The average molecular weight is 306 g/mol. The van der Waals surface area contributed by atoms with Gasteiger partial charge in [0.15, 0.2) is 0 Å². The Morgan fingerprint density at radius 2 is 1.65 bits per heavy atom. The Bertz CT molecular complexity index is 389. The van der Waals surface area contributed by atoms with Crippen molar-refractivity contribution in [1.29, 1.82) is 0 Å². The summed E-state index contributed by atoms with van der Waals surface area (Å²) in [7, 11) is -3.20. The van der Waals surface area contributed by atoms with E-state index in [1.807, 2.05) is 27.7 Å². The number of sulfonamides is 1. The molecule has 20 heavy (non-hydrogen) atoms. The molecule has 0 bridgehead atoms. The molecular weight excluding hydrogens is 276 g/mol. The van der Waals surface area contributed by atoms with Crippen molar-refractivity contribution in [3.8, 4) is 0 Å². The molecular formula is C14H30N2O3S. The lowest BCUT2D eigenvalue weighted by Gasteiger charge is -2.46. The Morgan fingerprint density at radius 1 is 1.10 bits per heavy atom. The predicted molar refractivity (Wildman–Crippen MR) is 82.4 cm³/mol. The van der Waals surface area contributed by atoms with Crippen LogP contribution in [0, 0.1) is 0 Å². The standard InChI is InChI=1S/C14H30N2O3S/c1-6-8-15-9-7-10-20(17,18)16-11-13(2,3)19-14(4,5)12-16/h15H,6-12H2,1-5H3. The number of rotatable bonds is 7. The van der Waals surface area contributed by atoms with Crippen molar-refractivity contribution in [3.63, 3.8) is 0 Å². The number of nitrogens with one attached hydrogen (secondary N) is 1. The van der Waals surface area contributed by atoms with Crippen molar-refractivity contribution in [1.82, 2.24) is 9.62 Å². The fourth-order valence-electron chi connectivity index (χ4n) is 2.72. The van der Waals surface area contributed by atoms with E-state index in [1.54, 1.807) is 4.31 Å². The molecule has 0 aromatic carbocycles.